The van der Waals surface area contributed by atoms with Gasteiger partial charge in [0.05, 0.1) is 36.7 Å². The number of amides is 1. The van der Waals surface area contributed by atoms with Crippen LogP contribution in [0.5, 0.6) is 0 Å². The van der Waals surface area contributed by atoms with Gasteiger partial charge in [0.2, 0.25) is 0 Å². The molecule has 0 aliphatic carbocycles. The van der Waals surface area contributed by atoms with Gasteiger partial charge in [-0.15, -0.1) is 0 Å². The summed E-state index contributed by atoms with van der Waals surface area (Å²) in [5.74, 6) is 0.998. The van der Waals surface area contributed by atoms with Crippen molar-refractivity contribution in [1.29, 1.82) is 0 Å². The van der Waals surface area contributed by atoms with Crippen LogP contribution in [0, 0.1) is 12.8 Å². The Labute approximate surface area is 218 Å². The van der Waals surface area contributed by atoms with Gasteiger partial charge in [0.25, 0.3) is 5.91 Å². The minimum atomic E-state index is -4.52. The van der Waals surface area contributed by atoms with E-state index in [1.807, 2.05) is 24.8 Å². The summed E-state index contributed by atoms with van der Waals surface area (Å²) in [6.07, 6.45) is 0.149. The molecule has 2 aromatic carbocycles. The summed E-state index contributed by atoms with van der Waals surface area (Å²) >= 11 is 1.87. The average Bonchev–Trinajstić information content (AvgIpc) is 2.89. The van der Waals surface area contributed by atoms with Crippen molar-refractivity contribution in [2.24, 2.45) is 5.92 Å². The lowest BCUT2D eigenvalue weighted by molar-refractivity contribution is -0.137. The third kappa shape index (κ3) is 5.33. The van der Waals surface area contributed by atoms with Crippen molar-refractivity contribution in [3.8, 4) is 11.1 Å². The van der Waals surface area contributed by atoms with Gasteiger partial charge in [0.15, 0.2) is 0 Å². The molecule has 3 heterocycles. The normalized spacial score (nSPS) is 19.2. The molecule has 1 aromatic heterocycles. The summed E-state index contributed by atoms with van der Waals surface area (Å²) in [6.45, 7) is 4.17. The van der Waals surface area contributed by atoms with Crippen LogP contribution >= 0.6 is 11.8 Å². The standard InChI is InChI=1S/C28H28F3N3O2S/c1-17-24(13-23(14-32-17)33-27(35)20-4-3-5-22(11-20)28(29,30)31)18-6-7-19-10-21(16-37-2)26-15-36-9-8-34(26)25(19)12-18/h3-7,11-14,21,26H,8-10,15-16H2,1-2H3,(H,33,35). The van der Waals surface area contributed by atoms with Gasteiger partial charge >= 0.3 is 6.18 Å². The molecule has 5 rings (SSSR count). The third-order valence-corrected chi connectivity index (χ3v) is 7.84. The van der Waals surface area contributed by atoms with Gasteiger partial charge < -0.3 is 15.0 Å². The third-order valence-electron chi connectivity index (χ3n) is 7.08. The lowest BCUT2D eigenvalue weighted by Crippen LogP contribution is -2.53. The molecular formula is C28H28F3N3O2S. The lowest BCUT2D eigenvalue weighted by atomic mass is 9.85. The second-order valence-electron chi connectivity index (χ2n) is 9.49. The number of hydrogen-bond acceptors (Lipinski definition) is 5. The van der Waals surface area contributed by atoms with Crippen LogP contribution in [0.2, 0.25) is 0 Å². The zero-order chi connectivity index (χ0) is 26.2. The van der Waals surface area contributed by atoms with Crippen molar-refractivity contribution < 1.29 is 22.7 Å². The van der Waals surface area contributed by atoms with Crippen LogP contribution in [-0.4, -0.2) is 48.7 Å². The maximum absolute atomic E-state index is 13.1. The molecule has 2 aliphatic rings. The van der Waals surface area contributed by atoms with Crippen molar-refractivity contribution in [2.45, 2.75) is 25.6 Å². The van der Waals surface area contributed by atoms with Crippen LogP contribution in [0.1, 0.15) is 27.2 Å². The molecule has 1 fully saturated rings. The number of aromatic nitrogens is 1. The number of aryl methyl sites for hydroxylation is 1. The first-order valence-corrected chi connectivity index (χ1v) is 13.6. The molecule has 194 valence electrons. The number of morpholine rings is 1. The van der Waals surface area contributed by atoms with Gasteiger partial charge in [0, 0.05) is 29.1 Å². The molecule has 2 atom stereocenters. The molecule has 2 unspecified atom stereocenters. The minimum Gasteiger partial charge on any atom is -0.377 e. The quantitative estimate of drug-likeness (QED) is 0.437. The molecule has 0 bridgehead atoms. The van der Waals surface area contributed by atoms with E-state index in [0.717, 1.165) is 54.3 Å². The van der Waals surface area contributed by atoms with Crippen molar-refractivity contribution in [3.05, 3.63) is 77.1 Å². The van der Waals surface area contributed by atoms with Gasteiger partial charge in [-0.2, -0.15) is 24.9 Å². The van der Waals surface area contributed by atoms with Crippen molar-refractivity contribution in [1.82, 2.24) is 4.98 Å². The van der Waals surface area contributed by atoms with E-state index in [1.165, 1.54) is 29.6 Å². The van der Waals surface area contributed by atoms with Gasteiger partial charge in [0.1, 0.15) is 0 Å². The molecule has 5 nitrogen and oxygen atoms in total. The van der Waals surface area contributed by atoms with Crippen LogP contribution in [0.15, 0.2) is 54.7 Å². The number of carbonyl (C=O) groups is 1. The molecule has 9 heteroatoms. The van der Waals surface area contributed by atoms with Crippen LogP contribution in [-0.2, 0) is 17.3 Å². The highest BCUT2D eigenvalue weighted by Gasteiger charge is 2.36. The predicted molar refractivity (Wildman–Crippen MR) is 141 cm³/mol. The Morgan fingerprint density at radius 2 is 2.05 bits per heavy atom. The molecule has 1 N–H and O–H groups in total. The van der Waals surface area contributed by atoms with Crippen molar-refractivity contribution >= 4 is 29.0 Å². The monoisotopic (exact) mass is 527 g/mol. The Hall–Kier alpha value is -3.04. The Morgan fingerprint density at radius 3 is 2.84 bits per heavy atom. The highest BCUT2D eigenvalue weighted by atomic mass is 32.2. The number of alkyl halides is 3. The zero-order valence-electron chi connectivity index (χ0n) is 20.6. The second-order valence-corrected chi connectivity index (χ2v) is 10.4. The molecule has 3 aromatic rings. The van der Waals surface area contributed by atoms with E-state index in [9.17, 15) is 18.0 Å². The molecule has 2 aliphatic heterocycles. The van der Waals surface area contributed by atoms with Crippen LogP contribution in [0.4, 0.5) is 24.5 Å². The van der Waals surface area contributed by atoms with Gasteiger partial charge in [-0.05, 0) is 72.7 Å². The van der Waals surface area contributed by atoms with Gasteiger partial charge in [-0.25, -0.2) is 0 Å². The summed E-state index contributed by atoms with van der Waals surface area (Å²) in [5.41, 5.74) is 4.66. The fourth-order valence-corrected chi connectivity index (χ4v) is 5.99. The number of hydrogen-bond donors (Lipinski definition) is 1. The molecule has 0 spiro atoms. The lowest BCUT2D eigenvalue weighted by Gasteiger charge is -2.46. The molecule has 0 saturated carbocycles. The Balaban J connectivity index is 1.43. The van der Waals surface area contributed by atoms with E-state index in [0.29, 0.717) is 24.3 Å². The number of ether oxygens (including phenoxy) is 1. The number of benzene rings is 2. The Kier molecular flexibility index (Phi) is 7.18. The second kappa shape index (κ2) is 10.4. The SMILES string of the molecule is CSCC1Cc2ccc(-c3cc(NC(=O)c4cccc(C(F)(F)F)c4)cnc3C)cc2N2CCOCC12. The predicted octanol–water partition coefficient (Wildman–Crippen LogP) is 6.07. The van der Waals surface area contributed by atoms with Crippen LogP contribution < -0.4 is 10.2 Å². The number of pyridine rings is 1. The average molecular weight is 528 g/mol. The number of fused-ring (bicyclic) bond motifs is 3. The fourth-order valence-electron chi connectivity index (χ4n) is 5.22. The molecule has 1 amide bonds. The van der Waals surface area contributed by atoms with E-state index in [-0.39, 0.29) is 5.56 Å². The van der Waals surface area contributed by atoms with E-state index in [1.54, 1.807) is 0 Å². The van der Waals surface area contributed by atoms with Gasteiger partial charge in [-0.3, -0.25) is 9.78 Å². The van der Waals surface area contributed by atoms with E-state index >= 15 is 0 Å². The van der Waals surface area contributed by atoms with E-state index in [2.05, 4.69) is 39.7 Å². The Morgan fingerprint density at radius 1 is 1.22 bits per heavy atom. The van der Waals surface area contributed by atoms with Crippen LogP contribution in [0.25, 0.3) is 11.1 Å². The number of carbonyl (C=O) groups excluding carboxylic acids is 1. The topological polar surface area (TPSA) is 54.5 Å². The van der Waals surface area contributed by atoms with Crippen molar-refractivity contribution in [2.75, 3.05) is 42.0 Å². The zero-order valence-corrected chi connectivity index (χ0v) is 21.5. The highest BCUT2D eigenvalue weighted by Crippen LogP contribution is 2.39. The number of nitrogens with zero attached hydrogens (tertiary/aromatic N) is 2. The van der Waals surface area contributed by atoms with Crippen molar-refractivity contribution in [3.63, 3.8) is 0 Å². The van der Waals surface area contributed by atoms with E-state index < -0.39 is 17.6 Å². The number of halogens is 3. The number of thioether (sulfide) groups is 1. The van der Waals surface area contributed by atoms with Crippen LogP contribution in [0.3, 0.4) is 0 Å². The van der Waals surface area contributed by atoms with Gasteiger partial charge in [-0.1, -0.05) is 18.2 Å². The first kappa shape index (κ1) is 25.6. The largest absolute Gasteiger partial charge is 0.416 e. The first-order valence-electron chi connectivity index (χ1n) is 12.2. The number of rotatable bonds is 5. The summed E-state index contributed by atoms with van der Waals surface area (Å²) < 4.78 is 45.0. The molecular weight excluding hydrogens is 499 g/mol. The summed E-state index contributed by atoms with van der Waals surface area (Å²) in [4.78, 5) is 19.7. The molecule has 0 radical (unpaired) electrons. The maximum atomic E-state index is 13.1. The summed E-state index contributed by atoms with van der Waals surface area (Å²) in [5, 5.41) is 2.70. The summed E-state index contributed by atoms with van der Waals surface area (Å²) in [6, 6.07) is 13.0. The minimum absolute atomic E-state index is 0.0658. The number of nitrogens with one attached hydrogen (secondary N) is 1. The van der Waals surface area contributed by atoms with E-state index in [4.69, 9.17) is 4.74 Å². The Bertz CT molecular complexity index is 1310. The highest BCUT2D eigenvalue weighted by molar-refractivity contribution is 7.98. The number of anilines is 2. The maximum Gasteiger partial charge on any atom is 0.416 e. The smallest absolute Gasteiger partial charge is 0.377 e. The molecule has 1 saturated heterocycles. The first-order chi connectivity index (χ1) is 17.7. The fraction of sp³-hybridized carbons (Fsp3) is 0.357. The molecule has 37 heavy (non-hydrogen) atoms. The summed E-state index contributed by atoms with van der Waals surface area (Å²) in [7, 11) is 0.